The van der Waals surface area contributed by atoms with Gasteiger partial charge < -0.3 is 9.64 Å². The van der Waals surface area contributed by atoms with Gasteiger partial charge in [-0.1, -0.05) is 23.4 Å². The molecule has 0 aliphatic rings. The first kappa shape index (κ1) is 17.0. The first-order chi connectivity index (χ1) is 11.5. The minimum absolute atomic E-state index is 0.186. The summed E-state index contributed by atoms with van der Waals surface area (Å²) in [5, 5.41) is 0.516. The van der Waals surface area contributed by atoms with Crippen molar-refractivity contribution < 1.29 is 9.53 Å². The number of benzene rings is 1. The molecule has 0 saturated heterocycles. The lowest BCUT2D eigenvalue weighted by Gasteiger charge is -2.11. The van der Waals surface area contributed by atoms with Crippen LogP contribution in [-0.4, -0.2) is 41.1 Å². The maximum absolute atomic E-state index is 12.0. The number of fused-ring (bicyclic) bond motifs is 1. The zero-order chi connectivity index (χ0) is 17.3. The van der Waals surface area contributed by atoms with Crippen molar-refractivity contribution in [2.75, 3.05) is 20.4 Å². The summed E-state index contributed by atoms with van der Waals surface area (Å²) in [4.78, 5) is 22.0. The highest BCUT2D eigenvalue weighted by atomic mass is 35.5. The molecule has 0 aliphatic carbocycles. The van der Waals surface area contributed by atoms with E-state index in [9.17, 15) is 4.79 Å². The molecule has 0 fully saturated rings. The average Bonchev–Trinajstić information content (AvgIpc) is 3.01. The largest absolute Gasteiger partial charge is 0.456 e. The number of carbonyl (C=O) groups excluding carboxylic acids is 1. The van der Waals surface area contributed by atoms with Crippen molar-refractivity contribution >= 4 is 50.8 Å². The van der Waals surface area contributed by atoms with Crippen LogP contribution in [0.3, 0.4) is 0 Å². The van der Waals surface area contributed by atoms with Gasteiger partial charge in [-0.3, -0.25) is 9.78 Å². The summed E-state index contributed by atoms with van der Waals surface area (Å²) in [7, 11) is 3.35. The molecule has 2 heterocycles. The van der Waals surface area contributed by atoms with E-state index in [1.807, 2.05) is 12.3 Å². The molecule has 0 aliphatic heterocycles. The number of hydrogen-bond donors (Lipinski definition) is 0. The van der Waals surface area contributed by atoms with Crippen molar-refractivity contribution in [2.45, 2.75) is 4.34 Å². The van der Waals surface area contributed by atoms with Gasteiger partial charge >= 0.3 is 0 Å². The molecule has 5 nitrogen and oxygen atoms in total. The molecule has 24 heavy (non-hydrogen) atoms. The number of thiazole rings is 1. The molecular formula is C16H14ClN3O2S2. The van der Waals surface area contributed by atoms with Gasteiger partial charge in [0.15, 0.2) is 4.34 Å². The first-order valence-corrected chi connectivity index (χ1v) is 9.40. The van der Waals surface area contributed by atoms with E-state index < -0.39 is 0 Å². The lowest BCUT2D eigenvalue weighted by Crippen LogP contribution is -2.22. The number of aromatic nitrogens is 2. The van der Waals surface area contributed by atoms with Crippen molar-refractivity contribution in [2.24, 2.45) is 0 Å². The van der Waals surface area contributed by atoms with Crippen molar-refractivity contribution in [1.82, 2.24) is 14.9 Å². The van der Waals surface area contributed by atoms with Crippen LogP contribution >= 0.6 is 34.7 Å². The summed E-state index contributed by atoms with van der Waals surface area (Å²) in [6.45, 7) is 0. The minimum Gasteiger partial charge on any atom is -0.456 e. The van der Waals surface area contributed by atoms with E-state index in [-0.39, 0.29) is 5.91 Å². The predicted octanol–water partition coefficient (Wildman–Crippen LogP) is 4.56. The van der Waals surface area contributed by atoms with Gasteiger partial charge in [-0.05, 0) is 24.5 Å². The quantitative estimate of drug-likeness (QED) is 0.622. The van der Waals surface area contributed by atoms with E-state index in [1.165, 1.54) is 22.4 Å². The van der Waals surface area contributed by atoms with Crippen LogP contribution in [0.25, 0.3) is 10.2 Å². The highest BCUT2D eigenvalue weighted by molar-refractivity contribution is 8.00. The fourth-order valence-electron chi connectivity index (χ4n) is 2.04. The molecule has 3 aromatic rings. The molecule has 1 aromatic carbocycles. The third kappa shape index (κ3) is 3.33. The fraction of sp³-hybridized carbons (Fsp3) is 0.188. The SMILES string of the molecule is CSc1nc2ccc(Oc3ccnc(C(=O)N(C)C)c3)c(Cl)c2s1. The highest BCUT2D eigenvalue weighted by Crippen LogP contribution is 2.40. The van der Waals surface area contributed by atoms with Crippen LogP contribution in [0.4, 0.5) is 0 Å². The molecular weight excluding hydrogens is 366 g/mol. The topological polar surface area (TPSA) is 55.3 Å². The summed E-state index contributed by atoms with van der Waals surface area (Å²) < 4.78 is 7.70. The molecule has 0 atom stereocenters. The van der Waals surface area contributed by atoms with Crippen LogP contribution in [0, 0.1) is 0 Å². The van der Waals surface area contributed by atoms with Gasteiger partial charge in [-0.25, -0.2) is 4.98 Å². The Balaban J connectivity index is 1.94. The van der Waals surface area contributed by atoms with Crippen LogP contribution < -0.4 is 4.74 Å². The Bertz CT molecular complexity index is 911. The standard InChI is InChI=1S/C16H14ClN3O2S2/c1-20(2)15(21)11-8-9(6-7-18-11)22-12-5-4-10-14(13(12)17)24-16(19-10)23-3/h4-8H,1-3H3. The fourth-order valence-corrected chi connectivity index (χ4v) is 3.85. The molecule has 3 rings (SSSR count). The molecule has 0 radical (unpaired) electrons. The van der Waals surface area contributed by atoms with Gasteiger partial charge in [0.1, 0.15) is 22.2 Å². The number of thioether (sulfide) groups is 1. The number of nitrogens with zero attached hydrogens (tertiary/aromatic N) is 3. The molecule has 124 valence electrons. The zero-order valence-electron chi connectivity index (χ0n) is 13.2. The van der Waals surface area contributed by atoms with E-state index in [0.29, 0.717) is 22.2 Å². The molecule has 0 unspecified atom stereocenters. The smallest absolute Gasteiger partial charge is 0.272 e. The minimum atomic E-state index is -0.186. The molecule has 1 amide bonds. The number of hydrogen-bond acceptors (Lipinski definition) is 6. The maximum Gasteiger partial charge on any atom is 0.272 e. The van der Waals surface area contributed by atoms with E-state index >= 15 is 0 Å². The van der Waals surface area contributed by atoms with Gasteiger partial charge in [0, 0.05) is 26.4 Å². The molecule has 0 spiro atoms. The number of rotatable bonds is 4. The third-order valence-electron chi connectivity index (χ3n) is 3.20. The van der Waals surface area contributed by atoms with E-state index in [4.69, 9.17) is 16.3 Å². The second-order valence-corrected chi connectivity index (χ2v) is 7.52. The molecule has 0 bridgehead atoms. The van der Waals surface area contributed by atoms with Gasteiger partial charge in [0.25, 0.3) is 5.91 Å². The average molecular weight is 380 g/mol. The number of pyridine rings is 1. The van der Waals surface area contributed by atoms with Crippen LogP contribution in [-0.2, 0) is 0 Å². The zero-order valence-corrected chi connectivity index (χ0v) is 15.6. The third-order valence-corrected chi connectivity index (χ3v) is 5.76. The number of halogens is 1. The highest BCUT2D eigenvalue weighted by Gasteiger charge is 2.14. The van der Waals surface area contributed by atoms with Gasteiger partial charge in [-0.15, -0.1) is 11.3 Å². The van der Waals surface area contributed by atoms with Gasteiger partial charge in [0.2, 0.25) is 0 Å². The summed E-state index contributed by atoms with van der Waals surface area (Å²) in [5.41, 5.74) is 1.16. The second-order valence-electron chi connectivity index (χ2n) is 5.09. The van der Waals surface area contributed by atoms with E-state index in [0.717, 1.165) is 14.6 Å². The molecule has 2 aromatic heterocycles. The number of ether oxygens (including phenoxy) is 1. The lowest BCUT2D eigenvalue weighted by molar-refractivity contribution is 0.0821. The number of carbonyl (C=O) groups is 1. The van der Waals surface area contributed by atoms with Crippen LogP contribution in [0.15, 0.2) is 34.8 Å². The molecule has 0 saturated carbocycles. The van der Waals surface area contributed by atoms with Gasteiger partial charge in [0.05, 0.1) is 10.2 Å². The first-order valence-electron chi connectivity index (χ1n) is 6.98. The summed E-state index contributed by atoms with van der Waals surface area (Å²) in [6.07, 6.45) is 3.51. The van der Waals surface area contributed by atoms with Crippen LogP contribution in [0.5, 0.6) is 11.5 Å². The molecule has 8 heteroatoms. The Labute approximate surface area is 152 Å². The van der Waals surface area contributed by atoms with Gasteiger partial charge in [-0.2, -0.15) is 0 Å². The van der Waals surface area contributed by atoms with Crippen molar-refractivity contribution in [1.29, 1.82) is 0 Å². The summed E-state index contributed by atoms with van der Waals surface area (Å²) in [6, 6.07) is 6.94. The monoisotopic (exact) mass is 379 g/mol. The van der Waals surface area contributed by atoms with Crippen LogP contribution in [0.1, 0.15) is 10.5 Å². The maximum atomic E-state index is 12.0. The molecule has 0 N–H and O–H groups in total. The Morgan fingerprint density at radius 3 is 2.83 bits per heavy atom. The number of amides is 1. The summed E-state index contributed by atoms with van der Waals surface area (Å²) in [5.74, 6) is 0.843. The Morgan fingerprint density at radius 2 is 2.12 bits per heavy atom. The second kappa shape index (κ2) is 6.96. The predicted molar refractivity (Wildman–Crippen MR) is 98.7 cm³/mol. The van der Waals surface area contributed by atoms with E-state index in [1.54, 1.807) is 44.1 Å². The normalized spacial score (nSPS) is 10.8. The Morgan fingerprint density at radius 1 is 1.33 bits per heavy atom. The Kier molecular flexibility index (Phi) is 4.93. The lowest BCUT2D eigenvalue weighted by atomic mass is 10.3. The summed E-state index contributed by atoms with van der Waals surface area (Å²) >= 11 is 9.57. The van der Waals surface area contributed by atoms with E-state index in [2.05, 4.69) is 9.97 Å². The van der Waals surface area contributed by atoms with Crippen molar-refractivity contribution in [3.8, 4) is 11.5 Å². The van der Waals surface area contributed by atoms with Crippen molar-refractivity contribution in [3.63, 3.8) is 0 Å². The van der Waals surface area contributed by atoms with Crippen molar-refractivity contribution in [3.05, 3.63) is 41.2 Å². The van der Waals surface area contributed by atoms with Crippen LogP contribution in [0.2, 0.25) is 5.02 Å². The Hall–Kier alpha value is -1.83.